The second-order valence-electron chi connectivity index (χ2n) is 4.29. The molecule has 1 fully saturated rings. The quantitative estimate of drug-likeness (QED) is 0.783. The number of carbonyl (C=O) groups is 2. The normalized spacial score (nSPS) is 14.2. The van der Waals surface area contributed by atoms with Gasteiger partial charge in [-0.1, -0.05) is 11.6 Å². The van der Waals surface area contributed by atoms with Crippen LogP contribution in [0.3, 0.4) is 0 Å². The minimum absolute atomic E-state index is 0.0413. The molecule has 1 aliphatic carbocycles. The summed E-state index contributed by atoms with van der Waals surface area (Å²) in [5.74, 6) is 0.321. The molecule has 0 unspecified atom stereocenters. The Kier molecular flexibility index (Phi) is 3.42. The number of carbonyl (C=O) groups excluding carboxylic acids is 2. The fraction of sp³-hybridized carbons (Fsp3) is 0.385. The lowest BCUT2D eigenvalue weighted by Crippen LogP contribution is -2.30. The molecule has 1 saturated carbocycles. The largest absolute Gasteiger partial charge is 0.483 e. The van der Waals surface area contributed by atoms with E-state index < -0.39 is 0 Å². The average molecular weight is 233 g/mol. The molecule has 0 spiro atoms. The van der Waals surface area contributed by atoms with Gasteiger partial charge in [0.25, 0.3) is 5.91 Å². The molecule has 0 heterocycles. The zero-order chi connectivity index (χ0) is 12.3. The summed E-state index contributed by atoms with van der Waals surface area (Å²) in [7, 11) is 0. The van der Waals surface area contributed by atoms with Crippen molar-refractivity contribution in [2.45, 2.75) is 25.8 Å². The highest BCUT2D eigenvalue weighted by Gasteiger charge is 2.23. The van der Waals surface area contributed by atoms with Crippen molar-refractivity contribution in [1.82, 2.24) is 5.32 Å². The Balaban J connectivity index is 1.93. The Morgan fingerprint density at radius 3 is 2.94 bits per heavy atom. The van der Waals surface area contributed by atoms with Crippen molar-refractivity contribution in [3.63, 3.8) is 0 Å². The number of nitrogens with one attached hydrogen (secondary N) is 1. The zero-order valence-corrected chi connectivity index (χ0v) is 9.73. The number of amides is 1. The number of hydrogen-bond donors (Lipinski definition) is 1. The number of rotatable bonds is 5. The van der Waals surface area contributed by atoms with Gasteiger partial charge in [-0.25, -0.2) is 0 Å². The topological polar surface area (TPSA) is 55.4 Å². The van der Waals surface area contributed by atoms with E-state index in [9.17, 15) is 9.59 Å². The minimum atomic E-state index is -0.134. The van der Waals surface area contributed by atoms with Gasteiger partial charge in [0, 0.05) is 6.04 Å². The molecular weight excluding hydrogens is 218 g/mol. The van der Waals surface area contributed by atoms with Crippen molar-refractivity contribution in [1.29, 1.82) is 0 Å². The summed E-state index contributed by atoms with van der Waals surface area (Å²) in [4.78, 5) is 22.2. The molecule has 0 atom stereocenters. The van der Waals surface area contributed by atoms with Crippen molar-refractivity contribution < 1.29 is 14.3 Å². The lowest BCUT2D eigenvalue weighted by molar-refractivity contribution is -0.123. The summed E-state index contributed by atoms with van der Waals surface area (Å²) in [6.45, 7) is 1.86. The Morgan fingerprint density at radius 1 is 1.53 bits per heavy atom. The van der Waals surface area contributed by atoms with Crippen molar-refractivity contribution in [2.75, 3.05) is 6.61 Å². The average Bonchev–Trinajstić information content (AvgIpc) is 3.11. The van der Waals surface area contributed by atoms with Crippen LogP contribution in [0.5, 0.6) is 5.75 Å². The molecule has 4 nitrogen and oxygen atoms in total. The van der Waals surface area contributed by atoms with Gasteiger partial charge < -0.3 is 10.1 Å². The van der Waals surface area contributed by atoms with Gasteiger partial charge in [0.15, 0.2) is 12.9 Å². The SMILES string of the molecule is Cc1ccc(OCC(=O)NC2CC2)c(C=O)c1. The van der Waals surface area contributed by atoms with Crippen molar-refractivity contribution in [3.05, 3.63) is 29.3 Å². The predicted molar refractivity (Wildman–Crippen MR) is 63.2 cm³/mol. The van der Waals surface area contributed by atoms with E-state index in [0.717, 1.165) is 24.7 Å². The van der Waals surface area contributed by atoms with Crippen LogP contribution in [0.15, 0.2) is 18.2 Å². The summed E-state index contributed by atoms with van der Waals surface area (Å²) in [5.41, 5.74) is 1.46. The van der Waals surface area contributed by atoms with Crippen molar-refractivity contribution in [2.24, 2.45) is 0 Å². The first-order chi connectivity index (χ1) is 8.19. The molecule has 0 radical (unpaired) electrons. The number of benzene rings is 1. The summed E-state index contributed by atoms with van der Waals surface area (Å²) in [6.07, 6.45) is 2.84. The number of aldehydes is 1. The first kappa shape index (κ1) is 11.6. The van der Waals surface area contributed by atoms with E-state index in [0.29, 0.717) is 17.4 Å². The van der Waals surface area contributed by atoms with Gasteiger partial charge in [-0.15, -0.1) is 0 Å². The van der Waals surface area contributed by atoms with Crippen LogP contribution in [-0.2, 0) is 4.79 Å². The van der Waals surface area contributed by atoms with Crippen LogP contribution in [0.1, 0.15) is 28.8 Å². The third-order valence-corrected chi connectivity index (χ3v) is 2.59. The van der Waals surface area contributed by atoms with Gasteiger partial charge in [-0.05, 0) is 31.9 Å². The second kappa shape index (κ2) is 4.99. The number of aryl methyl sites for hydroxylation is 1. The molecule has 1 aromatic rings. The molecule has 0 aromatic heterocycles. The first-order valence-electron chi connectivity index (χ1n) is 5.67. The molecule has 1 aliphatic rings. The highest BCUT2D eigenvalue weighted by Crippen LogP contribution is 2.19. The number of hydrogen-bond acceptors (Lipinski definition) is 3. The third-order valence-electron chi connectivity index (χ3n) is 2.59. The van der Waals surface area contributed by atoms with Crippen LogP contribution < -0.4 is 10.1 Å². The molecule has 1 aromatic carbocycles. The molecule has 2 rings (SSSR count). The van der Waals surface area contributed by atoms with Gasteiger partial charge in [0.05, 0.1) is 5.56 Å². The molecule has 1 N–H and O–H groups in total. The van der Waals surface area contributed by atoms with Crippen LogP contribution in [0, 0.1) is 6.92 Å². The lowest BCUT2D eigenvalue weighted by atomic mass is 10.1. The van der Waals surface area contributed by atoms with Crippen molar-refractivity contribution in [3.8, 4) is 5.75 Å². The molecule has 0 bridgehead atoms. The molecule has 17 heavy (non-hydrogen) atoms. The van der Waals surface area contributed by atoms with E-state index in [1.165, 1.54) is 0 Å². The molecule has 4 heteroatoms. The van der Waals surface area contributed by atoms with Gasteiger partial charge in [0.2, 0.25) is 0 Å². The van der Waals surface area contributed by atoms with E-state index >= 15 is 0 Å². The van der Waals surface area contributed by atoms with Crippen LogP contribution in [0.4, 0.5) is 0 Å². The Morgan fingerprint density at radius 2 is 2.29 bits per heavy atom. The standard InChI is InChI=1S/C13H15NO3/c1-9-2-5-12(10(6-9)7-15)17-8-13(16)14-11-3-4-11/h2,5-7,11H,3-4,8H2,1H3,(H,14,16). The van der Waals surface area contributed by atoms with E-state index in [1.54, 1.807) is 12.1 Å². The van der Waals surface area contributed by atoms with E-state index in [2.05, 4.69) is 5.32 Å². The number of ether oxygens (including phenoxy) is 1. The molecule has 1 amide bonds. The van der Waals surface area contributed by atoms with Gasteiger partial charge in [-0.2, -0.15) is 0 Å². The lowest BCUT2D eigenvalue weighted by Gasteiger charge is -2.09. The van der Waals surface area contributed by atoms with Crippen LogP contribution in [0.25, 0.3) is 0 Å². The van der Waals surface area contributed by atoms with Crippen molar-refractivity contribution >= 4 is 12.2 Å². The minimum Gasteiger partial charge on any atom is -0.483 e. The van der Waals surface area contributed by atoms with E-state index in [1.807, 2.05) is 13.0 Å². The Hall–Kier alpha value is -1.84. The van der Waals surface area contributed by atoms with Crippen LogP contribution in [0.2, 0.25) is 0 Å². The summed E-state index contributed by atoms with van der Waals surface area (Å²) in [5, 5.41) is 2.82. The smallest absolute Gasteiger partial charge is 0.258 e. The van der Waals surface area contributed by atoms with E-state index in [4.69, 9.17) is 4.74 Å². The fourth-order valence-electron chi connectivity index (χ4n) is 1.53. The van der Waals surface area contributed by atoms with E-state index in [-0.39, 0.29) is 12.5 Å². The second-order valence-corrected chi connectivity index (χ2v) is 4.29. The highest BCUT2D eigenvalue weighted by molar-refractivity contribution is 5.81. The van der Waals surface area contributed by atoms with Gasteiger partial charge >= 0.3 is 0 Å². The van der Waals surface area contributed by atoms with Gasteiger partial charge in [-0.3, -0.25) is 9.59 Å². The highest BCUT2D eigenvalue weighted by atomic mass is 16.5. The summed E-state index contributed by atoms with van der Waals surface area (Å²) >= 11 is 0. The van der Waals surface area contributed by atoms with Gasteiger partial charge in [0.1, 0.15) is 5.75 Å². The molecule has 90 valence electrons. The molecular formula is C13H15NO3. The maximum absolute atomic E-state index is 11.4. The monoisotopic (exact) mass is 233 g/mol. The fourth-order valence-corrected chi connectivity index (χ4v) is 1.53. The summed E-state index contributed by atoms with van der Waals surface area (Å²) in [6, 6.07) is 5.63. The first-order valence-corrected chi connectivity index (χ1v) is 5.67. The van der Waals surface area contributed by atoms with Crippen LogP contribution in [-0.4, -0.2) is 24.8 Å². The van der Waals surface area contributed by atoms with Crippen LogP contribution >= 0.6 is 0 Å². The molecule has 0 saturated heterocycles. The maximum Gasteiger partial charge on any atom is 0.258 e. The summed E-state index contributed by atoms with van der Waals surface area (Å²) < 4.78 is 5.33. The third kappa shape index (κ3) is 3.31. The maximum atomic E-state index is 11.4. The Labute approximate surface area is 100.0 Å². The molecule has 0 aliphatic heterocycles. The zero-order valence-electron chi connectivity index (χ0n) is 9.73. The Bertz CT molecular complexity index is 438. The predicted octanol–water partition coefficient (Wildman–Crippen LogP) is 1.46.